The summed E-state index contributed by atoms with van der Waals surface area (Å²) in [6.45, 7) is 4.22. The van der Waals surface area contributed by atoms with Crippen molar-refractivity contribution in [3.05, 3.63) is 18.7 Å². The van der Waals surface area contributed by atoms with Gasteiger partial charge in [0.1, 0.15) is 19.5 Å². The van der Waals surface area contributed by atoms with Crippen LogP contribution in [0.15, 0.2) is 18.7 Å². The first kappa shape index (κ1) is 46.6. The van der Waals surface area contributed by atoms with Crippen molar-refractivity contribution < 1.29 is 28.6 Å². The van der Waals surface area contributed by atoms with Gasteiger partial charge >= 0.3 is 18.0 Å². The van der Waals surface area contributed by atoms with Gasteiger partial charge in [-0.1, -0.05) is 194 Å². The van der Waals surface area contributed by atoms with Crippen LogP contribution in [0.1, 0.15) is 219 Å². The summed E-state index contributed by atoms with van der Waals surface area (Å²) >= 11 is 0. The van der Waals surface area contributed by atoms with E-state index >= 15 is 0 Å². The number of ether oxygens (including phenoxy) is 3. The molecule has 1 atom stereocenters. The smallest absolute Gasteiger partial charge is 0.419 e. The topological polar surface area (TPSA) is 96.7 Å². The van der Waals surface area contributed by atoms with E-state index in [2.05, 4.69) is 18.8 Å². The molecule has 0 saturated carbocycles. The van der Waals surface area contributed by atoms with Crippen LogP contribution in [-0.4, -0.2) is 46.9 Å². The van der Waals surface area contributed by atoms with E-state index in [1.807, 2.05) is 0 Å². The molecule has 0 bridgehead atoms. The monoisotopic (exact) mass is 719 g/mol. The molecule has 51 heavy (non-hydrogen) atoms. The molecule has 0 amide bonds. The van der Waals surface area contributed by atoms with Gasteiger partial charge in [-0.05, 0) is 12.8 Å². The van der Waals surface area contributed by atoms with Crippen LogP contribution in [0.25, 0.3) is 0 Å². The predicted octanol–water partition coefficient (Wildman–Crippen LogP) is 12.8. The van der Waals surface area contributed by atoms with Gasteiger partial charge in [0.2, 0.25) is 0 Å². The molecule has 0 saturated heterocycles. The van der Waals surface area contributed by atoms with Crippen molar-refractivity contribution in [3.63, 3.8) is 0 Å². The molecular weight excluding hydrogens is 640 g/mol. The Morgan fingerprint density at radius 1 is 0.490 bits per heavy atom. The lowest BCUT2D eigenvalue weighted by atomic mass is 10.0. The lowest BCUT2D eigenvalue weighted by Crippen LogP contribution is -2.31. The highest BCUT2D eigenvalue weighted by Crippen LogP contribution is 2.16. The van der Waals surface area contributed by atoms with Crippen molar-refractivity contribution in [1.29, 1.82) is 0 Å². The third kappa shape index (κ3) is 30.9. The summed E-state index contributed by atoms with van der Waals surface area (Å²) in [5, 5.41) is 0. The fourth-order valence-electron chi connectivity index (χ4n) is 6.51. The van der Waals surface area contributed by atoms with Crippen LogP contribution in [0.5, 0.6) is 0 Å². The Labute approximate surface area is 312 Å². The van der Waals surface area contributed by atoms with Crippen LogP contribution in [-0.2, 0) is 23.8 Å². The molecule has 0 spiro atoms. The molecule has 0 N–H and O–H groups in total. The van der Waals surface area contributed by atoms with Crippen LogP contribution in [0, 0.1) is 0 Å². The molecule has 1 aromatic rings. The molecule has 1 rings (SSSR count). The van der Waals surface area contributed by atoms with E-state index in [0.29, 0.717) is 12.8 Å². The molecule has 0 aliphatic rings. The average Bonchev–Trinajstić information content (AvgIpc) is 3.68. The fraction of sp³-hybridized carbons (Fsp3) is 0.860. The summed E-state index contributed by atoms with van der Waals surface area (Å²) in [5.41, 5.74) is 0. The summed E-state index contributed by atoms with van der Waals surface area (Å²) < 4.78 is 17.6. The Balaban J connectivity index is 2.15. The Morgan fingerprint density at radius 3 is 1.22 bits per heavy atom. The number of carbonyl (C=O) groups excluding carboxylic acids is 3. The molecule has 8 heteroatoms. The Hall–Kier alpha value is -2.38. The maximum absolute atomic E-state index is 12.6. The van der Waals surface area contributed by atoms with Gasteiger partial charge < -0.3 is 14.2 Å². The molecule has 1 unspecified atom stereocenters. The summed E-state index contributed by atoms with van der Waals surface area (Å²) in [4.78, 5) is 41.2. The van der Waals surface area contributed by atoms with E-state index in [0.717, 1.165) is 38.5 Å². The zero-order valence-corrected chi connectivity index (χ0v) is 33.2. The Kier molecular flexibility index (Phi) is 32.9. The van der Waals surface area contributed by atoms with Crippen LogP contribution in [0.3, 0.4) is 0 Å². The average molecular weight is 719 g/mol. The second-order valence-electron chi connectivity index (χ2n) is 14.7. The van der Waals surface area contributed by atoms with E-state index < -0.39 is 12.2 Å². The van der Waals surface area contributed by atoms with Gasteiger partial charge in [-0.15, -0.1) is 0 Å². The molecular formula is C43H78N2O6. The van der Waals surface area contributed by atoms with Gasteiger partial charge in [-0.25, -0.2) is 14.3 Å². The maximum atomic E-state index is 12.6. The third-order valence-electron chi connectivity index (χ3n) is 9.81. The van der Waals surface area contributed by atoms with Crippen molar-refractivity contribution in [2.24, 2.45) is 0 Å². The molecule has 0 aliphatic carbocycles. The number of carbonyl (C=O) groups is 3. The molecule has 8 nitrogen and oxygen atoms in total. The number of hydrogen-bond acceptors (Lipinski definition) is 7. The van der Waals surface area contributed by atoms with Crippen LogP contribution >= 0.6 is 0 Å². The number of unbranched alkanes of at least 4 members (excludes halogenated alkanes) is 28. The van der Waals surface area contributed by atoms with Crippen LogP contribution in [0.2, 0.25) is 0 Å². The van der Waals surface area contributed by atoms with E-state index in [9.17, 15) is 14.4 Å². The summed E-state index contributed by atoms with van der Waals surface area (Å²) in [6.07, 6.45) is 41.5. The highest BCUT2D eigenvalue weighted by molar-refractivity contribution is 5.71. The van der Waals surface area contributed by atoms with E-state index in [1.165, 1.54) is 177 Å². The normalized spacial score (nSPS) is 11.8. The minimum atomic E-state index is -0.841. The lowest BCUT2D eigenvalue weighted by molar-refractivity contribution is -0.161. The molecule has 1 aromatic heterocycles. The molecule has 1 heterocycles. The van der Waals surface area contributed by atoms with Crippen molar-refractivity contribution in [1.82, 2.24) is 9.55 Å². The first-order valence-corrected chi connectivity index (χ1v) is 21.6. The van der Waals surface area contributed by atoms with Gasteiger partial charge in [0.15, 0.2) is 6.10 Å². The largest absolute Gasteiger partial charge is 0.462 e. The molecule has 0 aromatic carbocycles. The highest BCUT2D eigenvalue weighted by Gasteiger charge is 2.20. The Morgan fingerprint density at radius 2 is 0.843 bits per heavy atom. The summed E-state index contributed by atoms with van der Waals surface area (Å²) in [5.74, 6) is -0.666. The number of imidazole rings is 1. The lowest BCUT2D eigenvalue weighted by Gasteiger charge is -2.18. The number of aromatic nitrogens is 2. The summed E-state index contributed by atoms with van der Waals surface area (Å²) in [6, 6.07) is 0. The van der Waals surface area contributed by atoms with Gasteiger partial charge in [0.05, 0.1) is 0 Å². The number of esters is 2. The van der Waals surface area contributed by atoms with Crippen molar-refractivity contribution in [3.8, 4) is 0 Å². The number of hydrogen-bond donors (Lipinski definition) is 0. The summed E-state index contributed by atoms with van der Waals surface area (Å²) in [7, 11) is 0. The quantitative estimate of drug-likeness (QED) is 0.0384. The molecule has 0 aliphatic heterocycles. The highest BCUT2D eigenvalue weighted by atomic mass is 16.6. The van der Waals surface area contributed by atoms with Crippen molar-refractivity contribution >= 4 is 18.0 Å². The van der Waals surface area contributed by atoms with Crippen molar-refractivity contribution in [2.45, 2.75) is 225 Å². The first-order valence-electron chi connectivity index (χ1n) is 21.6. The first-order chi connectivity index (χ1) is 25.1. The number of rotatable bonds is 37. The molecule has 0 radical (unpaired) electrons. The predicted molar refractivity (Wildman–Crippen MR) is 209 cm³/mol. The molecule has 0 fully saturated rings. The van der Waals surface area contributed by atoms with Crippen LogP contribution in [0.4, 0.5) is 4.79 Å². The van der Waals surface area contributed by atoms with Crippen LogP contribution < -0.4 is 0 Å². The van der Waals surface area contributed by atoms with E-state index in [1.54, 1.807) is 0 Å². The SMILES string of the molecule is CCCCCCCCCCCCCCCCCC(=O)OCC(COC(=O)n1ccnc1)OC(=O)CCCCCCCCCCCCCCCCC. The maximum Gasteiger partial charge on any atom is 0.419 e. The van der Waals surface area contributed by atoms with Gasteiger partial charge in [0.25, 0.3) is 0 Å². The van der Waals surface area contributed by atoms with E-state index in [4.69, 9.17) is 14.2 Å². The van der Waals surface area contributed by atoms with Gasteiger partial charge in [0, 0.05) is 25.2 Å². The number of nitrogens with zero attached hydrogens (tertiary/aromatic N) is 2. The minimum absolute atomic E-state index is 0.126. The van der Waals surface area contributed by atoms with Gasteiger partial charge in [-0.2, -0.15) is 0 Å². The van der Waals surface area contributed by atoms with Crippen molar-refractivity contribution in [2.75, 3.05) is 13.2 Å². The third-order valence-corrected chi connectivity index (χ3v) is 9.81. The van der Waals surface area contributed by atoms with Gasteiger partial charge in [-0.3, -0.25) is 9.59 Å². The zero-order valence-electron chi connectivity index (χ0n) is 33.2. The standard InChI is InChI=1S/C43H78N2O6/c1-3-5-7-9-11-13-15-17-19-21-23-25-27-29-31-33-41(46)49-37-40(38-50-43(48)45-36-35-44-39-45)51-42(47)34-32-30-28-26-24-22-20-18-16-14-12-10-8-6-4-2/h35-36,39-40H,3-34,37-38H2,1-2H3. The zero-order chi connectivity index (χ0) is 36.9. The molecule has 296 valence electrons. The second kappa shape index (κ2) is 36.0. The van der Waals surface area contributed by atoms with E-state index in [-0.39, 0.29) is 25.2 Å². The minimum Gasteiger partial charge on any atom is -0.462 e. The Bertz CT molecular complexity index is 922. The fourth-order valence-corrected chi connectivity index (χ4v) is 6.51. The second-order valence-corrected chi connectivity index (χ2v) is 14.7.